The lowest BCUT2D eigenvalue weighted by molar-refractivity contribution is -0.135. The second-order valence-corrected chi connectivity index (χ2v) is 9.91. The number of benzene rings is 2. The Kier molecular flexibility index (Phi) is 6.32. The van der Waals surface area contributed by atoms with Crippen LogP contribution in [0.4, 0.5) is 4.79 Å². The number of amides is 3. The maximum Gasteiger partial charge on any atom is 0.327 e. The number of hydrogen-bond acceptors (Lipinski definition) is 6. The van der Waals surface area contributed by atoms with Gasteiger partial charge in [-0.05, 0) is 60.6 Å². The molecule has 3 aliphatic rings. The van der Waals surface area contributed by atoms with Crippen LogP contribution < -0.4 is 14.2 Å². The van der Waals surface area contributed by atoms with E-state index < -0.39 is 5.54 Å². The van der Waals surface area contributed by atoms with E-state index in [-0.39, 0.29) is 25.3 Å². The number of methoxy groups -OCH3 is 1. The molecule has 3 amide bonds. The lowest BCUT2D eigenvalue weighted by Crippen LogP contribution is -2.55. The Balaban J connectivity index is 1.18. The molecule has 1 spiro atoms. The first-order chi connectivity index (χ1) is 16.9. The summed E-state index contributed by atoms with van der Waals surface area (Å²) < 4.78 is 16.1. The minimum Gasteiger partial charge on any atom is -0.497 e. The zero-order valence-electron chi connectivity index (χ0n) is 20.7. The molecule has 8 nitrogen and oxygen atoms in total. The van der Waals surface area contributed by atoms with Crippen molar-refractivity contribution in [3.8, 4) is 17.2 Å². The van der Waals surface area contributed by atoms with Crippen LogP contribution in [-0.2, 0) is 17.8 Å². The zero-order chi connectivity index (χ0) is 24.6. The van der Waals surface area contributed by atoms with Crippen molar-refractivity contribution in [2.45, 2.75) is 38.3 Å². The van der Waals surface area contributed by atoms with Gasteiger partial charge >= 0.3 is 6.03 Å². The molecule has 186 valence electrons. The molecular weight excluding hydrogens is 446 g/mol. The van der Waals surface area contributed by atoms with E-state index in [2.05, 4.69) is 24.0 Å². The van der Waals surface area contributed by atoms with Gasteiger partial charge in [-0.1, -0.05) is 25.1 Å². The van der Waals surface area contributed by atoms with Gasteiger partial charge < -0.3 is 24.0 Å². The van der Waals surface area contributed by atoms with Crippen LogP contribution in [0.1, 0.15) is 30.9 Å². The van der Waals surface area contributed by atoms with Crippen molar-refractivity contribution < 1.29 is 23.8 Å². The molecule has 3 aliphatic heterocycles. The van der Waals surface area contributed by atoms with Crippen molar-refractivity contribution in [1.82, 2.24) is 14.7 Å². The number of imide groups is 1. The molecule has 0 N–H and O–H groups in total. The predicted molar refractivity (Wildman–Crippen MR) is 131 cm³/mol. The highest BCUT2D eigenvalue weighted by molar-refractivity contribution is 6.06. The molecular formula is C27H33N3O5. The van der Waals surface area contributed by atoms with Crippen molar-refractivity contribution in [2.75, 3.05) is 40.6 Å². The lowest BCUT2D eigenvalue weighted by atomic mass is 9.85. The highest BCUT2D eigenvalue weighted by Crippen LogP contribution is 2.37. The van der Waals surface area contributed by atoms with Gasteiger partial charge in [0.05, 0.1) is 13.7 Å². The van der Waals surface area contributed by atoms with Crippen LogP contribution >= 0.6 is 0 Å². The first-order valence-electron chi connectivity index (χ1n) is 12.2. The summed E-state index contributed by atoms with van der Waals surface area (Å²) in [6.07, 6.45) is 2.26. The van der Waals surface area contributed by atoms with Gasteiger partial charge in [-0.25, -0.2) is 4.79 Å². The number of nitrogens with zero attached hydrogens (tertiary/aromatic N) is 3. The molecule has 35 heavy (non-hydrogen) atoms. The highest BCUT2D eigenvalue weighted by atomic mass is 16.7. The number of piperidine rings is 1. The van der Waals surface area contributed by atoms with Crippen LogP contribution in [-0.4, -0.2) is 72.8 Å². The number of fused-ring (bicyclic) bond motifs is 1. The molecule has 0 radical (unpaired) electrons. The molecule has 0 saturated carbocycles. The van der Waals surface area contributed by atoms with Crippen molar-refractivity contribution in [3.63, 3.8) is 0 Å². The number of urea groups is 1. The molecule has 5 rings (SSSR count). The molecule has 2 fully saturated rings. The van der Waals surface area contributed by atoms with E-state index in [1.54, 1.807) is 19.1 Å². The molecule has 0 bridgehead atoms. The van der Waals surface area contributed by atoms with Gasteiger partial charge in [-0.15, -0.1) is 0 Å². The summed E-state index contributed by atoms with van der Waals surface area (Å²) in [7, 11) is 3.39. The minimum absolute atomic E-state index is 0.0751. The quantitative estimate of drug-likeness (QED) is 0.566. The Morgan fingerprint density at radius 3 is 2.40 bits per heavy atom. The van der Waals surface area contributed by atoms with Gasteiger partial charge in [0.25, 0.3) is 5.91 Å². The number of carbonyl (C=O) groups excluding carboxylic acids is 2. The smallest absolute Gasteiger partial charge is 0.327 e. The fraction of sp³-hybridized carbons (Fsp3) is 0.481. The molecule has 0 aromatic heterocycles. The molecule has 2 aromatic carbocycles. The zero-order valence-corrected chi connectivity index (χ0v) is 20.7. The number of carbonyl (C=O) groups is 2. The highest BCUT2D eigenvalue weighted by Gasteiger charge is 2.56. The van der Waals surface area contributed by atoms with E-state index in [9.17, 15) is 9.59 Å². The fourth-order valence-electron chi connectivity index (χ4n) is 5.53. The summed E-state index contributed by atoms with van der Waals surface area (Å²) in [4.78, 5) is 32.0. The molecule has 0 aliphatic carbocycles. The van der Waals surface area contributed by atoms with Crippen molar-refractivity contribution in [1.29, 1.82) is 0 Å². The Morgan fingerprint density at radius 2 is 1.69 bits per heavy atom. The molecule has 0 unspecified atom stereocenters. The Bertz CT molecular complexity index is 1090. The first-order valence-corrected chi connectivity index (χ1v) is 12.2. The van der Waals surface area contributed by atoms with E-state index in [0.29, 0.717) is 18.8 Å². The minimum atomic E-state index is -0.736. The van der Waals surface area contributed by atoms with Crippen LogP contribution in [0.25, 0.3) is 0 Å². The largest absolute Gasteiger partial charge is 0.497 e. The average molecular weight is 480 g/mol. The van der Waals surface area contributed by atoms with Crippen LogP contribution in [0.3, 0.4) is 0 Å². The Hall–Kier alpha value is -3.26. The first kappa shape index (κ1) is 23.5. The topological polar surface area (TPSA) is 71.6 Å². The maximum absolute atomic E-state index is 13.5. The number of ether oxygens (including phenoxy) is 3. The second kappa shape index (κ2) is 9.41. The Labute approximate surface area is 206 Å². The fourth-order valence-corrected chi connectivity index (χ4v) is 5.53. The van der Waals surface area contributed by atoms with E-state index in [4.69, 9.17) is 14.2 Å². The third-order valence-electron chi connectivity index (χ3n) is 7.58. The normalized spacial score (nSPS) is 20.1. The van der Waals surface area contributed by atoms with E-state index in [1.807, 2.05) is 30.3 Å². The molecule has 3 heterocycles. The molecule has 1 atom stereocenters. The summed E-state index contributed by atoms with van der Waals surface area (Å²) in [5.41, 5.74) is 1.41. The van der Waals surface area contributed by atoms with Gasteiger partial charge in [0, 0.05) is 26.7 Å². The summed E-state index contributed by atoms with van der Waals surface area (Å²) in [6.45, 7) is 5.37. The van der Waals surface area contributed by atoms with Crippen LogP contribution in [0, 0.1) is 5.92 Å². The van der Waals surface area contributed by atoms with E-state index in [0.717, 1.165) is 48.9 Å². The van der Waals surface area contributed by atoms with Gasteiger partial charge in [-0.3, -0.25) is 9.69 Å². The number of likely N-dealkylation sites (tertiary alicyclic amines) is 1. The van der Waals surface area contributed by atoms with Crippen LogP contribution in [0.15, 0.2) is 42.5 Å². The van der Waals surface area contributed by atoms with Gasteiger partial charge in [0.1, 0.15) is 11.3 Å². The van der Waals surface area contributed by atoms with Gasteiger partial charge in [0.15, 0.2) is 11.5 Å². The summed E-state index contributed by atoms with van der Waals surface area (Å²) in [5, 5.41) is 0. The number of hydrogen-bond donors (Lipinski definition) is 0. The molecule has 2 aromatic rings. The average Bonchev–Trinajstić information content (AvgIpc) is 3.40. The van der Waals surface area contributed by atoms with Crippen LogP contribution in [0.2, 0.25) is 0 Å². The standard InChI is InChI=1S/C27H33N3O5/c1-19(14-21-6-9-23-24(15-21)35-18-34-23)16-29-12-10-27(11-13-29)25(31)30(26(32)28(27)2)17-20-4-7-22(33-3)8-5-20/h4-9,15,19H,10-14,16-18H2,1-3H3/t19-/m1/s1. The Morgan fingerprint density at radius 1 is 1.00 bits per heavy atom. The van der Waals surface area contributed by atoms with Gasteiger partial charge in [-0.2, -0.15) is 0 Å². The second-order valence-electron chi connectivity index (χ2n) is 9.91. The lowest BCUT2D eigenvalue weighted by Gasteiger charge is -2.41. The third-order valence-corrected chi connectivity index (χ3v) is 7.58. The van der Waals surface area contributed by atoms with Crippen molar-refractivity contribution in [2.24, 2.45) is 5.92 Å². The molecule has 2 saturated heterocycles. The van der Waals surface area contributed by atoms with Crippen molar-refractivity contribution >= 4 is 11.9 Å². The van der Waals surface area contributed by atoms with Crippen LogP contribution in [0.5, 0.6) is 17.2 Å². The predicted octanol–water partition coefficient (Wildman–Crippen LogP) is 3.53. The number of likely N-dealkylation sites (N-methyl/N-ethyl adjacent to an activating group) is 1. The van der Waals surface area contributed by atoms with E-state index >= 15 is 0 Å². The monoisotopic (exact) mass is 479 g/mol. The summed E-state index contributed by atoms with van der Waals surface area (Å²) in [5.74, 6) is 2.76. The van der Waals surface area contributed by atoms with E-state index in [1.165, 1.54) is 10.5 Å². The molecule has 8 heteroatoms. The van der Waals surface area contributed by atoms with Gasteiger partial charge in [0.2, 0.25) is 6.79 Å². The summed E-state index contributed by atoms with van der Waals surface area (Å²) in [6, 6.07) is 13.4. The maximum atomic E-state index is 13.5. The van der Waals surface area contributed by atoms with Crippen molar-refractivity contribution in [3.05, 3.63) is 53.6 Å². The third kappa shape index (κ3) is 4.43. The number of rotatable bonds is 7. The summed E-state index contributed by atoms with van der Waals surface area (Å²) >= 11 is 0. The SMILES string of the molecule is COc1ccc(CN2C(=O)N(C)C3(CCN(C[C@H](C)Cc4ccc5c(c4)OCO5)CC3)C2=O)cc1.